The molecule has 0 aliphatic carbocycles. The van der Waals surface area contributed by atoms with Crippen LogP contribution >= 0.6 is 0 Å². The normalized spacial score (nSPS) is 11.8. The fraction of sp³-hybridized carbons (Fsp3) is 0. The molecule has 0 aliphatic rings. The van der Waals surface area contributed by atoms with Crippen LogP contribution in [0.4, 0.5) is 42.9 Å². The topological polar surface area (TPSA) is 110 Å². The summed E-state index contributed by atoms with van der Waals surface area (Å²) in [6.07, 6.45) is 13.8. The van der Waals surface area contributed by atoms with Crippen LogP contribution in [-0.4, -0.2) is 39.9 Å². The van der Waals surface area contributed by atoms with E-state index in [1.807, 2.05) is 94.7 Å². The van der Waals surface area contributed by atoms with Crippen molar-refractivity contribution < 1.29 is 8.78 Å². The predicted octanol–water partition coefficient (Wildman–Crippen LogP) is 11.6. The molecule has 0 unspecified atom stereocenters. The minimum Gasteiger partial charge on any atom is -0.306 e. The van der Waals surface area contributed by atoms with E-state index in [0.29, 0.717) is 111 Å². The van der Waals surface area contributed by atoms with E-state index in [0.717, 1.165) is 0 Å². The molecule has 8 heterocycles. The fourth-order valence-electron chi connectivity index (χ4n) is 8.35. The van der Waals surface area contributed by atoms with Gasteiger partial charge >= 0.3 is 0 Å². The van der Waals surface area contributed by atoms with Crippen LogP contribution in [0.1, 0.15) is 0 Å². The highest BCUT2D eigenvalue weighted by Gasteiger charge is 2.26. The molecule has 8 aromatic heterocycles. The van der Waals surface area contributed by atoms with Gasteiger partial charge in [0.1, 0.15) is 11.6 Å². The van der Waals surface area contributed by atoms with E-state index < -0.39 is 11.6 Å². The molecule has 0 radical (unpaired) electrons. The van der Waals surface area contributed by atoms with Crippen LogP contribution in [0.15, 0.2) is 159 Å². The average Bonchev–Trinajstić information content (AvgIpc) is 3.29. The van der Waals surface area contributed by atoms with Gasteiger partial charge in [-0.3, -0.25) is 39.9 Å². The van der Waals surface area contributed by atoms with Gasteiger partial charge in [0.25, 0.3) is 0 Å². The molecule has 0 spiro atoms. The monoisotopic (exact) mass is 780 g/mol. The standard InChI is InChI=1S/C48H26F2N10/c49-35-21-45(59(27-17-41-37(55-23-27)5-1-13-51-41)28-18-42-38(56-24-28)6-2-14-52-42)33-11-9-32-36(50)22-46(34-12-10-31(35)47(33)48(32)34)60(29-19-43-39(57-25-29)7-3-15-53-43)30-20-44-40(58-26-30)8-4-16-54-44/h1-26H. The maximum Gasteiger partial charge on any atom is 0.133 e. The molecule has 0 N–H and O–H groups in total. The lowest BCUT2D eigenvalue weighted by Crippen LogP contribution is -2.13. The van der Waals surface area contributed by atoms with Gasteiger partial charge in [0.15, 0.2) is 0 Å². The molecule has 0 saturated carbocycles. The third-order valence-corrected chi connectivity index (χ3v) is 11.0. The van der Waals surface area contributed by atoms with Crippen molar-refractivity contribution in [2.75, 3.05) is 9.80 Å². The number of nitrogens with zero attached hydrogens (tertiary/aromatic N) is 10. The van der Waals surface area contributed by atoms with Gasteiger partial charge < -0.3 is 9.80 Å². The number of benzene rings is 4. The summed E-state index contributed by atoms with van der Waals surface area (Å²) in [5.74, 6) is -0.958. The van der Waals surface area contributed by atoms with E-state index in [2.05, 4.69) is 19.9 Å². The maximum absolute atomic E-state index is 17.0. The van der Waals surface area contributed by atoms with E-state index in [1.54, 1.807) is 61.7 Å². The Kier molecular flexibility index (Phi) is 7.35. The Morgan fingerprint density at radius 3 is 0.933 bits per heavy atom. The van der Waals surface area contributed by atoms with Gasteiger partial charge in [-0.2, -0.15) is 0 Å². The van der Waals surface area contributed by atoms with Gasteiger partial charge in [0.2, 0.25) is 0 Å². The lowest BCUT2D eigenvalue weighted by atomic mass is 9.91. The highest BCUT2D eigenvalue weighted by atomic mass is 19.1. The third-order valence-electron chi connectivity index (χ3n) is 11.0. The minimum atomic E-state index is -0.479. The molecule has 10 nitrogen and oxygen atoms in total. The van der Waals surface area contributed by atoms with E-state index in [1.165, 1.54) is 12.1 Å². The zero-order valence-electron chi connectivity index (χ0n) is 31.2. The van der Waals surface area contributed by atoms with Gasteiger partial charge in [0.05, 0.1) is 103 Å². The molecule has 0 bridgehead atoms. The van der Waals surface area contributed by atoms with E-state index in [9.17, 15) is 0 Å². The van der Waals surface area contributed by atoms with Crippen molar-refractivity contribution in [2.24, 2.45) is 0 Å². The predicted molar refractivity (Wildman–Crippen MR) is 232 cm³/mol. The summed E-state index contributed by atoms with van der Waals surface area (Å²) >= 11 is 0. The van der Waals surface area contributed by atoms with Crippen molar-refractivity contribution in [1.29, 1.82) is 0 Å². The summed E-state index contributed by atoms with van der Waals surface area (Å²) in [7, 11) is 0. The minimum absolute atomic E-state index is 0.347. The number of fused-ring (bicyclic) bond motifs is 4. The molecule has 12 aromatic rings. The Balaban J connectivity index is 1.15. The number of pyridine rings is 8. The molecule has 4 aromatic carbocycles. The SMILES string of the molecule is Fc1cc(N(c2cnc3cccnc3c2)c2cnc3cccnc3c2)c2ccc3c(F)cc(N(c4cnc5cccnc5c4)c4cnc5cccnc5c4)c4ccc1c2c34. The molecule has 12 heteroatoms. The Morgan fingerprint density at radius 1 is 0.317 bits per heavy atom. The van der Waals surface area contributed by atoms with Crippen LogP contribution in [0.3, 0.4) is 0 Å². The molecular formula is C48H26F2N10. The maximum atomic E-state index is 17.0. The largest absolute Gasteiger partial charge is 0.306 e. The Hall–Kier alpha value is -8.38. The third kappa shape index (κ3) is 5.24. The molecule has 60 heavy (non-hydrogen) atoms. The number of halogens is 2. The first-order valence-electron chi connectivity index (χ1n) is 19.1. The summed E-state index contributed by atoms with van der Waals surface area (Å²) in [4.78, 5) is 41.0. The average molecular weight is 781 g/mol. The number of hydrogen-bond donors (Lipinski definition) is 0. The van der Waals surface area contributed by atoms with Crippen molar-refractivity contribution in [1.82, 2.24) is 39.9 Å². The summed E-state index contributed by atoms with van der Waals surface area (Å²) < 4.78 is 33.9. The van der Waals surface area contributed by atoms with E-state index in [4.69, 9.17) is 19.9 Å². The van der Waals surface area contributed by atoms with Gasteiger partial charge in [-0.05, 0) is 84.9 Å². The molecule has 0 aliphatic heterocycles. The second-order valence-corrected chi connectivity index (χ2v) is 14.4. The van der Waals surface area contributed by atoms with Crippen molar-refractivity contribution in [3.05, 3.63) is 170 Å². The van der Waals surface area contributed by atoms with Gasteiger partial charge in [-0.25, -0.2) is 8.78 Å². The summed E-state index contributed by atoms with van der Waals surface area (Å²) in [6.45, 7) is 0. The van der Waals surface area contributed by atoms with E-state index in [-0.39, 0.29) is 0 Å². The first-order chi connectivity index (χ1) is 29.6. The summed E-state index contributed by atoms with van der Waals surface area (Å²) in [5.41, 5.74) is 8.99. The molecular weight excluding hydrogens is 755 g/mol. The van der Waals surface area contributed by atoms with Gasteiger partial charge in [0, 0.05) is 57.1 Å². The zero-order chi connectivity index (χ0) is 39.9. The highest BCUT2D eigenvalue weighted by Crippen LogP contribution is 2.49. The Labute approximate surface area is 338 Å². The highest BCUT2D eigenvalue weighted by molar-refractivity contribution is 6.28. The number of hydrogen-bond acceptors (Lipinski definition) is 10. The van der Waals surface area contributed by atoms with Crippen LogP contribution in [0.2, 0.25) is 0 Å². The number of rotatable bonds is 6. The van der Waals surface area contributed by atoms with Gasteiger partial charge in [-0.1, -0.05) is 24.3 Å². The zero-order valence-corrected chi connectivity index (χ0v) is 31.2. The molecule has 0 atom stereocenters. The van der Waals surface area contributed by atoms with Crippen LogP contribution in [-0.2, 0) is 0 Å². The Bertz CT molecular complexity index is 3290. The van der Waals surface area contributed by atoms with Crippen molar-refractivity contribution in [3.8, 4) is 0 Å². The quantitative estimate of drug-likeness (QED) is 0.151. The van der Waals surface area contributed by atoms with Crippen LogP contribution in [0, 0.1) is 11.6 Å². The number of anilines is 6. The second kappa shape index (κ2) is 13.1. The molecule has 0 amide bonds. The first-order valence-corrected chi connectivity index (χ1v) is 19.1. The fourth-order valence-corrected chi connectivity index (χ4v) is 8.35. The Morgan fingerprint density at radius 2 is 0.617 bits per heavy atom. The van der Waals surface area contributed by atoms with Crippen LogP contribution < -0.4 is 9.80 Å². The molecule has 282 valence electrons. The lowest BCUT2D eigenvalue weighted by Gasteiger charge is -2.29. The van der Waals surface area contributed by atoms with Crippen molar-refractivity contribution in [3.63, 3.8) is 0 Å². The number of aromatic nitrogens is 8. The summed E-state index contributed by atoms with van der Waals surface area (Å²) in [6, 6.07) is 32.8. The van der Waals surface area contributed by atoms with Crippen LogP contribution in [0.25, 0.3) is 76.5 Å². The smallest absolute Gasteiger partial charge is 0.133 e. The van der Waals surface area contributed by atoms with Gasteiger partial charge in [-0.15, -0.1) is 0 Å². The molecule has 0 saturated heterocycles. The second-order valence-electron chi connectivity index (χ2n) is 14.4. The lowest BCUT2D eigenvalue weighted by molar-refractivity contribution is 0.639. The molecule has 12 rings (SSSR count). The van der Waals surface area contributed by atoms with Crippen LogP contribution in [0.5, 0.6) is 0 Å². The van der Waals surface area contributed by atoms with E-state index >= 15 is 8.78 Å². The van der Waals surface area contributed by atoms with Crippen molar-refractivity contribution in [2.45, 2.75) is 0 Å². The summed E-state index contributed by atoms with van der Waals surface area (Å²) in [5, 5.41) is 3.17. The first kappa shape index (κ1) is 33.7. The molecule has 0 fully saturated rings. The van der Waals surface area contributed by atoms with Crippen molar-refractivity contribution >= 4 is 111 Å².